The quantitative estimate of drug-likeness (QED) is 0.835. The molecule has 96 valence electrons. The van der Waals surface area contributed by atoms with E-state index < -0.39 is 0 Å². The maximum absolute atomic E-state index is 12.5. The molecule has 0 aliphatic carbocycles. The highest BCUT2D eigenvalue weighted by Gasteiger charge is 2.18. The van der Waals surface area contributed by atoms with E-state index in [2.05, 4.69) is 32.6 Å². The molecule has 0 aliphatic rings. The lowest BCUT2D eigenvalue weighted by molar-refractivity contribution is 0.607. The van der Waals surface area contributed by atoms with Crippen LogP contribution in [-0.2, 0) is 0 Å². The van der Waals surface area contributed by atoms with Crippen LogP contribution in [0.4, 0.5) is 5.69 Å². The Kier molecular flexibility index (Phi) is 3.71. The Labute approximate surface area is 112 Å². The minimum absolute atomic E-state index is 0.145. The minimum atomic E-state index is 0.145. The van der Waals surface area contributed by atoms with E-state index in [1.54, 1.807) is 11.3 Å². The summed E-state index contributed by atoms with van der Waals surface area (Å²) in [6, 6.07) is 8.46. The van der Waals surface area contributed by atoms with Gasteiger partial charge in [-0.15, -0.1) is 11.3 Å². The first-order valence-electron chi connectivity index (χ1n) is 6.31. The summed E-state index contributed by atoms with van der Waals surface area (Å²) in [6.45, 7) is 8.50. The van der Waals surface area contributed by atoms with Crippen LogP contribution >= 0.6 is 11.3 Å². The number of fused-ring (bicyclic) bond motifs is 1. The molecule has 2 rings (SSSR count). The third kappa shape index (κ3) is 2.27. The van der Waals surface area contributed by atoms with E-state index in [4.69, 9.17) is 0 Å². The predicted octanol–water partition coefficient (Wildman–Crippen LogP) is 3.88. The van der Waals surface area contributed by atoms with Crippen molar-refractivity contribution in [2.24, 2.45) is 0 Å². The van der Waals surface area contributed by atoms with Gasteiger partial charge in [-0.05, 0) is 39.8 Å². The molecule has 0 atom stereocenters. The van der Waals surface area contributed by atoms with E-state index >= 15 is 0 Å². The molecule has 0 saturated carbocycles. The second-order valence-corrected chi connectivity index (χ2v) is 5.95. The molecule has 0 radical (unpaired) electrons. The van der Waals surface area contributed by atoms with Crippen molar-refractivity contribution in [3.05, 3.63) is 39.9 Å². The zero-order chi connectivity index (χ0) is 13.3. The van der Waals surface area contributed by atoms with Gasteiger partial charge in [0.2, 0.25) is 5.43 Å². The molecule has 0 amide bonds. The zero-order valence-electron chi connectivity index (χ0n) is 11.3. The fraction of sp³-hybridized carbons (Fsp3) is 0.400. The highest BCUT2D eigenvalue weighted by molar-refractivity contribution is 7.16. The van der Waals surface area contributed by atoms with E-state index in [9.17, 15) is 4.79 Å². The molecule has 0 bridgehead atoms. The highest BCUT2D eigenvalue weighted by atomic mass is 32.1. The van der Waals surface area contributed by atoms with Gasteiger partial charge in [-0.25, -0.2) is 0 Å². The number of hydrogen-bond acceptors (Lipinski definition) is 3. The van der Waals surface area contributed by atoms with Gasteiger partial charge in [-0.2, -0.15) is 0 Å². The molecule has 0 N–H and O–H groups in total. The maximum atomic E-state index is 12.5. The molecular weight excluding hydrogens is 242 g/mol. The van der Waals surface area contributed by atoms with Gasteiger partial charge in [0.15, 0.2) is 0 Å². The molecule has 0 spiro atoms. The van der Waals surface area contributed by atoms with E-state index in [0.717, 1.165) is 15.8 Å². The van der Waals surface area contributed by atoms with Crippen LogP contribution in [0.25, 0.3) is 10.1 Å². The Morgan fingerprint density at radius 3 is 2.28 bits per heavy atom. The molecule has 0 aliphatic heterocycles. The van der Waals surface area contributed by atoms with Crippen molar-refractivity contribution < 1.29 is 0 Å². The lowest BCUT2D eigenvalue weighted by atomic mass is 10.2. The first-order chi connectivity index (χ1) is 8.52. The topological polar surface area (TPSA) is 20.3 Å². The van der Waals surface area contributed by atoms with Gasteiger partial charge < -0.3 is 4.90 Å². The molecule has 0 saturated heterocycles. The summed E-state index contributed by atoms with van der Waals surface area (Å²) in [5.74, 6) is 0. The summed E-state index contributed by atoms with van der Waals surface area (Å²) in [5.41, 5.74) is 0.968. The second-order valence-electron chi connectivity index (χ2n) is 5.04. The van der Waals surface area contributed by atoms with E-state index in [1.165, 1.54) is 0 Å². The van der Waals surface area contributed by atoms with Crippen LogP contribution in [0.15, 0.2) is 34.4 Å². The number of rotatable bonds is 3. The van der Waals surface area contributed by atoms with Crippen molar-refractivity contribution in [1.82, 2.24) is 0 Å². The SMILES string of the molecule is CC(C)N(c1csc2ccccc2c1=O)C(C)C. The lowest BCUT2D eigenvalue weighted by Gasteiger charge is -2.32. The molecule has 18 heavy (non-hydrogen) atoms. The molecule has 0 fully saturated rings. The molecular formula is C15H19NOS. The number of anilines is 1. The average Bonchev–Trinajstić information content (AvgIpc) is 2.32. The number of hydrogen-bond donors (Lipinski definition) is 0. The third-order valence-corrected chi connectivity index (χ3v) is 4.00. The van der Waals surface area contributed by atoms with Gasteiger partial charge >= 0.3 is 0 Å². The molecule has 1 heterocycles. The lowest BCUT2D eigenvalue weighted by Crippen LogP contribution is -2.39. The first-order valence-corrected chi connectivity index (χ1v) is 7.19. The van der Waals surface area contributed by atoms with Gasteiger partial charge in [0, 0.05) is 27.5 Å². The van der Waals surface area contributed by atoms with Crippen LogP contribution in [0.5, 0.6) is 0 Å². The number of nitrogens with zero attached hydrogens (tertiary/aromatic N) is 1. The van der Waals surface area contributed by atoms with Crippen molar-refractivity contribution in [2.75, 3.05) is 4.90 Å². The third-order valence-electron chi connectivity index (χ3n) is 3.05. The van der Waals surface area contributed by atoms with Crippen LogP contribution in [0, 0.1) is 0 Å². The highest BCUT2D eigenvalue weighted by Crippen LogP contribution is 2.23. The summed E-state index contributed by atoms with van der Waals surface area (Å²) in [4.78, 5) is 14.7. The molecule has 1 aromatic heterocycles. The first kappa shape index (κ1) is 13.1. The van der Waals surface area contributed by atoms with Crippen LogP contribution in [0.1, 0.15) is 27.7 Å². The van der Waals surface area contributed by atoms with E-state index in [0.29, 0.717) is 12.1 Å². The van der Waals surface area contributed by atoms with Crippen molar-refractivity contribution >= 4 is 27.1 Å². The van der Waals surface area contributed by atoms with Crippen molar-refractivity contribution in [3.8, 4) is 0 Å². The fourth-order valence-corrected chi connectivity index (χ4v) is 3.31. The van der Waals surface area contributed by atoms with Crippen molar-refractivity contribution in [2.45, 2.75) is 39.8 Å². The smallest absolute Gasteiger partial charge is 0.211 e. The van der Waals surface area contributed by atoms with Gasteiger partial charge in [-0.1, -0.05) is 12.1 Å². The fourth-order valence-electron chi connectivity index (χ4n) is 2.40. The summed E-state index contributed by atoms with van der Waals surface area (Å²) in [6.07, 6.45) is 0. The Balaban J connectivity index is 2.65. The summed E-state index contributed by atoms with van der Waals surface area (Å²) >= 11 is 1.64. The standard InChI is InChI=1S/C15H19NOS/c1-10(2)16(11(3)4)13-9-18-14-8-6-5-7-12(14)15(13)17/h5-11H,1-4H3. The van der Waals surface area contributed by atoms with Crippen molar-refractivity contribution in [1.29, 1.82) is 0 Å². The summed E-state index contributed by atoms with van der Waals surface area (Å²) in [7, 11) is 0. The van der Waals surface area contributed by atoms with Gasteiger partial charge in [0.05, 0.1) is 5.69 Å². The predicted molar refractivity (Wildman–Crippen MR) is 80.8 cm³/mol. The number of benzene rings is 1. The summed E-state index contributed by atoms with van der Waals surface area (Å²) in [5, 5.41) is 2.82. The van der Waals surface area contributed by atoms with Gasteiger partial charge in [0.25, 0.3) is 0 Å². The van der Waals surface area contributed by atoms with Crippen LogP contribution in [0.2, 0.25) is 0 Å². The minimum Gasteiger partial charge on any atom is -0.363 e. The molecule has 3 heteroatoms. The normalized spacial score (nSPS) is 11.4. The van der Waals surface area contributed by atoms with Gasteiger partial charge in [0.1, 0.15) is 0 Å². The summed E-state index contributed by atoms with van der Waals surface area (Å²) < 4.78 is 1.05. The van der Waals surface area contributed by atoms with Crippen molar-refractivity contribution in [3.63, 3.8) is 0 Å². The largest absolute Gasteiger partial charge is 0.363 e. The van der Waals surface area contributed by atoms with Crippen LogP contribution < -0.4 is 10.3 Å². The average molecular weight is 261 g/mol. The Bertz CT molecular complexity index is 593. The van der Waals surface area contributed by atoms with Crippen LogP contribution in [0.3, 0.4) is 0 Å². The maximum Gasteiger partial charge on any atom is 0.211 e. The Morgan fingerprint density at radius 2 is 1.67 bits per heavy atom. The Hall–Kier alpha value is -1.35. The second kappa shape index (κ2) is 5.11. The molecule has 0 unspecified atom stereocenters. The monoisotopic (exact) mass is 261 g/mol. The Morgan fingerprint density at radius 1 is 1.06 bits per heavy atom. The molecule has 2 nitrogen and oxygen atoms in total. The molecule has 1 aromatic carbocycles. The van der Waals surface area contributed by atoms with E-state index in [1.807, 2.05) is 29.6 Å². The van der Waals surface area contributed by atoms with E-state index in [-0.39, 0.29) is 5.43 Å². The van der Waals surface area contributed by atoms with Crippen LogP contribution in [-0.4, -0.2) is 12.1 Å². The van der Waals surface area contributed by atoms with Gasteiger partial charge in [-0.3, -0.25) is 4.79 Å². The zero-order valence-corrected chi connectivity index (χ0v) is 12.1. The molecule has 2 aromatic rings.